The van der Waals surface area contributed by atoms with Gasteiger partial charge in [-0.15, -0.1) is 11.3 Å². The molecule has 0 bridgehead atoms. The third kappa shape index (κ3) is 3.06. The minimum atomic E-state index is -0.315. The summed E-state index contributed by atoms with van der Waals surface area (Å²) >= 11 is 8.06. The topological polar surface area (TPSA) is 9.23 Å². The fourth-order valence-corrected chi connectivity index (χ4v) is 2.76. The summed E-state index contributed by atoms with van der Waals surface area (Å²) in [5.41, 5.74) is 0. The van der Waals surface area contributed by atoms with E-state index in [0.717, 1.165) is 9.35 Å². The molecule has 84 valence electrons. The highest BCUT2D eigenvalue weighted by Crippen LogP contribution is 2.24. The number of ether oxygens (including phenoxy) is 1. The number of hydrogen-bond donors (Lipinski definition) is 0. The molecule has 0 aliphatic carbocycles. The molecule has 1 nitrogen and oxygen atoms in total. The Morgan fingerprint density at radius 2 is 2.06 bits per heavy atom. The molecule has 1 aromatic heterocycles. The molecule has 0 N–H and O–H groups in total. The maximum Gasteiger partial charge on any atom is 0.141 e. The molecule has 0 saturated heterocycles. The smallest absolute Gasteiger partial charge is 0.141 e. The van der Waals surface area contributed by atoms with E-state index in [2.05, 4.69) is 31.9 Å². The highest BCUT2D eigenvalue weighted by molar-refractivity contribution is 9.10. The Bertz CT molecular complexity index is 498. The van der Waals surface area contributed by atoms with E-state index in [-0.39, 0.29) is 5.82 Å². The Hall–Kier alpha value is -0.390. The molecule has 2 rings (SSSR count). The molecule has 5 heteroatoms. The van der Waals surface area contributed by atoms with Gasteiger partial charge in [0.25, 0.3) is 0 Å². The number of halogens is 3. The summed E-state index contributed by atoms with van der Waals surface area (Å²) in [6.07, 6.45) is 0. The predicted molar refractivity (Wildman–Crippen MR) is 70.5 cm³/mol. The van der Waals surface area contributed by atoms with Gasteiger partial charge in [-0.25, -0.2) is 4.39 Å². The maximum atomic E-state index is 13.2. The van der Waals surface area contributed by atoms with Crippen LogP contribution in [0.15, 0.2) is 38.6 Å². The van der Waals surface area contributed by atoms with E-state index in [1.54, 1.807) is 23.5 Å². The van der Waals surface area contributed by atoms with Crippen molar-refractivity contribution >= 4 is 43.2 Å². The third-order valence-electron chi connectivity index (χ3n) is 1.89. The zero-order valence-electron chi connectivity index (χ0n) is 8.04. The Morgan fingerprint density at radius 3 is 2.69 bits per heavy atom. The summed E-state index contributed by atoms with van der Waals surface area (Å²) in [6, 6.07) is 6.72. The van der Waals surface area contributed by atoms with Gasteiger partial charge in [0.2, 0.25) is 0 Å². The first-order chi connectivity index (χ1) is 7.65. The lowest BCUT2D eigenvalue weighted by Gasteiger charge is -2.04. The van der Waals surface area contributed by atoms with E-state index >= 15 is 0 Å². The van der Waals surface area contributed by atoms with Gasteiger partial charge >= 0.3 is 0 Å². The van der Waals surface area contributed by atoms with Crippen LogP contribution in [0.2, 0.25) is 0 Å². The summed E-state index contributed by atoms with van der Waals surface area (Å²) in [7, 11) is 0. The molecule has 0 aliphatic heterocycles. The summed E-state index contributed by atoms with van der Waals surface area (Å²) in [4.78, 5) is 1.09. The first kappa shape index (κ1) is 12.1. The van der Waals surface area contributed by atoms with Crippen LogP contribution in [0, 0.1) is 5.82 Å². The molecule has 0 aliphatic rings. The van der Waals surface area contributed by atoms with Gasteiger partial charge in [0.1, 0.15) is 18.2 Å². The summed E-state index contributed by atoms with van der Waals surface area (Å²) < 4.78 is 20.1. The third-order valence-corrected chi connectivity index (χ3v) is 4.21. The van der Waals surface area contributed by atoms with E-state index in [1.165, 1.54) is 6.07 Å². The van der Waals surface area contributed by atoms with E-state index in [0.29, 0.717) is 16.8 Å². The Morgan fingerprint density at radius 1 is 1.25 bits per heavy atom. The van der Waals surface area contributed by atoms with Crippen LogP contribution in [0.4, 0.5) is 4.39 Å². The lowest BCUT2D eigenvalue weighted by molar-refractivity contribution is 0.308. The Labute approximate surface area is 114 Å². The number of thiophene rings is 1. The van der Waals surface area contributed by atoms with Gasteiger partial charge < -0.3 is 4.74 Å². The molecule has 16 heavy (non-hydrogen) atoms. The fourth-order valence-electron chi connectivity index (χ4n) is 1.15. The van der Waals surface area contributed by atoms with Gasteiger partial charge in [0, 0.05) is 20.8 Å². The van der Waals surface area contributed by atoms with Gasteiger partial charge in [-0.2, -0.15) is 0 Å². The molecular weight excluding hydrogens is 359 g/mol. The first-order valence-corrected chi connectivity index (χ1v) is 6.92. The molecule has 0 spiro atoms. The zero-order chi connectivity index (χ0) is 11.5. The van der Waals surface area contributed by atoms with Crippen LogP contribution in [-0.2, 0) is 6.61 Å². The second kappa shape index (κ2) is 5.29. The molecule has 0 atom stereocenters. The van der Waals surface area contributed by atoms with Gasteiger partial charge in [-0.05, 0) is 50.1 Å². The molecule has 0 unspecified atom stereocenters. The molecule has 2 aromatic rings. The van der Waals surface area contributed by atoms with Crippen LogP contribution in [0.25, 0.3) is 0 Å². The van der Waals surface area contributed by atoms with Crippen molar-refractivity contribution in [1.29, 1.82) is 0 Å². The van der Waals surface area contributed by atoms with Crippen molar-refractivity contribution in [1.82, 2.24) is 0 Å². The number of rotatable bonds is 3. The summed E-state index contributed by atoms with van der Waals surface area (Å²) in [5.74, 6) is 0.218. The second-order valence-electron chi connectivity index (χ2n) is 3.10. The predicted octanol–water partition coefficient (Wildman–Crippen LogP) is 4.99. The average Bonchev–Trinajstić information content (AvgIpc) is 2.66. The lowest BCUT2D eigenvalue weighted by atomic mass is 10.3. The van der Waals surface area contributed by atoms with Gasteiger partial charge in [0.05, 0.1) is 4.47 Å². The SMILES string of the molecule is Fc1cc(OCc2cc(Br)cs2)ccc1Br. The molecule has 0 fully saturated rings. The van der Waals surface area contributed by atoms with Crippen LogP contribution >= 0.6 is 43.2 Å². The van der Waals surface area contributed by atoms with Gasteiger partial charge in [-0.1, -0.05) is 0 Å². The van der Waals surface area contributed by atoms with Crippen molar-refractivity contribution in [3.05, 3.63) is 49.3 Å². The van der Waals surface area contributed by atoms with E-state index in [4.69, 9.17) is 4.74 Å². The van der Waals surface area contributed by atoms with Crippen molar-refractivity contribution < 1.29 is 9.13 Å². The minimum absolute atomic E-state index is 0.315. The Balaban J connectivity index is 2.02. The van der Waals surface area contributed by atoms with E-state index in [1.807, 2.05) is 11.4 Å². The normalized spacial score (nSPS) is 10.4. The van der Waals surface area contributed by atoms with Gasteiger partial charge in [0.15, 0.2) is 0 Å². The van der Waals surface area contributed by atoms with Crippen LogP contribution in [-0.4, -0.2) is 0 Å². The minimum Gasteiger partial charge on any atom is -0.488 e. The molecule has 0 amide bonds. The molecule has 1 heterocycles. The van der Waals surface area contributed by atoms with Crippen LogP contribution in [0.3, 0.4) is 0 Å². The van der Waals surface area contributed by atoms with Crippen molar-refractivity contribution in [2.45, 2.75) is 6.61 Å². The maximum absolute atomic E-state index is 13.2. The standard InChI is InChI=1S/C11H7Br2FOS/c12-7-3-9(16-6-7)5-15-8-1-2-10(13)11(14)4-8/h1-4,6H,5H2. The largest absolute Gasteiger partial charge is 0.488 e. The van der Waals surface area contributed by atoms with Crippen LogP contribution < -0.4 is 4.74 Å². The molecule has 0 radical (unpaired) electrons. The van der Waals surface area contributed by atoms with Crippen molar-refractivity contribution in [2.75, 3.05) is 0 Å². The molecule has 0 saturated carbocycles. The fraction of sp³-hybridized carbons (Fsp3) is 0.0909. The van der Waals surface area contributed by atoms with Crippen LogP contribution in [0.5, 0.6) is 5.75 Å². The molecule has 1 aromatic carbocycles. The highest BCUT2D eigenvalue weighted by Gasteiger charge is 2.03. The van der Waals surface area contributed by atoms with Crippen molar-refractivity contribution in [3.8, 4) is 5.75 Å². The summed E-state index contributed by atoms with van der Waals surface area (Å²) in [6.45, 7) is 0.456. The Kier molecular flexibility index (Phi) is 4.00. The van der Waals surface area contributed by atoms with E-state index in [9.17, 15) is 4.39 Å². The zero-order valence-corrected chi connectivity index (χ0v) is 12.0. The summed E-state index contributed by atoms with van der Waals surface area (Å²) in [5, 5.41) is 1.99. The monoisotopic (exact) mass is 364 g/mol. The van der Waals surface area contributed by atoms with Crippen LogP contribution in [0.1, 0.15) is 4.88 Å². The van der Waals surface area contributed by atoms with Crippen molar-refractivity contribution in [2.24, 2.45) is 0 Å². The lowest BCUT2D eigenvalue weighted by Crippen LogP contribution is -1.93. The first-order valence-electron chi connectivity index (χ1n) is 4.46. The molecular formula is C11H7Br2FOS. The second-order valence-corrected chi connectivity index (χ2v) is 5.86. The van der Waals surface area contributed by atoms with Crippen molar-refractivity contribution in [3.63, 3.8) is 0 Å². The highest BCUT2D eigenvalue weighted by atomic mass is 79.9. The van der Waals surface area contributed by atoms with E-state index < -0.39 is 0 Å². The van der Waals surface area contributed by atoms with Gasteiger partial charge in [-0.3, -0.25) is 0 Å². The number of benzene rings is 1. The quantitative estimate of drug-likeness (QED) is 0.744. The number of hydrogen-bond acceptors (Lipinski definition) is 2. The average molecular weight is 366 g/mol.